The van der Waals surface area contributed by atoms with Crippen molar-refractivity contribution in [3.8, 4) is 0 Å². The molecule has 0 unspecified atom stereocenters. The van der Waals surface area contributed by atoms with Gasteiger partial charge < -0.3 is 9.40 Å². The molecule has 0 radical (unpaired) electrons. The number of benzene rings is 2. The van der Waals surface area contributed by atoms with Gasteiger partial charge in [0, 0.05) is 20.8 Å². The molecule has 7 nitrogen and oxygen atoms in total. The molecule has 0 aliphatic heterocycles. The number of para-hydroxylation sites is 1. The van der Waals surface area contributed by atoms with Crippen molar-refractivity contribution in [3.05, 3.63) is 80.2 Å². The highest BCUT2D eigenvalue weighted by molar-refractivity contribution is 9.10. The van der Waals surface area contributed by atoms with Crippen LogP contribution in [-0.4, -0.2) is 16.8 Å². The molecule has 2 aromatic carbocycles. The molecule has 2 aromatic heterocycles. The van der Waals surface area contributed by atoms with Gasteiger partial charge in [-0.25, -0.2) is 4.79 Å². The fourth-order valence-corrected chi connectivity index (χ4v) is 3.35. The van der Waals surface area contributed by atoms with Gasteiger partial charge in [-0.2, -0.15) is 0 Å². The lowest BCUT2D eigenvalue weighted by molar-refractivity contribution is 0.0842. The van der Waals surface area contributed by atoms with E-state index in [0.717, 1.165) is 20.9 Å². The second kappa shape index (κ2) is 6.97. The number of aromatic amines is 1. The van der Waals surface area contributed by atoms with Crippen LogP contribution in [0, 0.1) is 6.92 Å². The fourth-order valence-electron chi connectivity index (χ4n) is 2.99. The molecule has 2 amide bonds. The second-order valence-electron chi connectivity index (χ2n) is 6.21. The molecule has 0 atom stereocenters. The zero-order valence-corrected chi connectivity index (χ0v) is 16.2. The SMILES string of the molecule is Cc1c(C(=O)NNC(=O)c2cc3ccccc3oc2=O)[nH]c2ccc(Br)cc12. The minimum atomic E-state index is -0.780. The molecule has 2 heterocycles. The van der Waals surface area contributed by atoms with Crippen molar-refractivity contribution in [1.82, 2.24) is 15.8 Å². The molecule has 0 saturated carbocycles. The van der Waals surface area contributed by atoms with E-state index in [4.69, 9.17) is 4.42 Å². The van der Waals surface area contributed by atoms with Crippen LogP contribution >= 0.6 is 15.9 Å². The lowest BCUT2D eigenvalue weighted by atomic mass is 10.1. The van der Waals surface area contributed by atoms with Crippen LogP contribution in [0.2, 0.25) is 0 Å². The Bertz CT molecular complexity index is 1310. The summed E-state index contributed by atoms with van der Waals surface area (Å²) in [6.07, 6.45) is 0. The van der Waals surface area contributed by atoms with E-state index < -0.39 is 17.4 Å². The van der Waals surface area contributed by atoms with Crippen molar-refractivity contribution < 1.29 is 14.0 Å². The van der Waals surface area contributed by atoms with Crippen LogP contribution in [0.3, 0.4) is 0 Å². The summed E-state index contributed by atoms with van der Waals surface area (Å²) in [6, 6.07) is 13.9. The first-order valence-electron chi connectivity index (χ1n) is 8.35. The Hall–Kier alpha value is -3.39. The fraction of sp³-hybridized carbons (Fsp3) is 0.0500. The first kappa shape index (κ1) is 18.0. The molecule has 3 N–H and O–H groups in total. The van der Waals surface area contributed by atoms with Crippen LogP contribution in [-0.2, 0) is 0 Å². The maximum atomic E-state index is 12.5. The summed E-state index contributed by atoms with van der Waals surface area (Å²) < 4.78 is 6.03. The Morgan fingerprint density at radius 2 is 1.79 bits per heavy atom. The van der Waals surface area contributed by atoms with E-state index in [-0.39, 0.29) is 5.56 Å². The molecule has 0 aliphatic carbocycles. The normalized spacial score (nSPS) is 10.9. The molecule has 28 heavy (non-hydrogen) atoms. The Labute approximate surface area is 166 Å². The van der Waals surface area contributed by atoms with Crippen molar-refractivity contribution in [2.45, 2.75) is 6.92 Å². The van der Waals surface area contributed by atoms with Crippen LogP contribution < -0.4 is 16.5 Å². The Kier molecular flexibility index (Phi) is 4.48. The molecule has 4 rings (SSSR count). The number of H-pyrrole nitrogens is 1. The van der Waals surface area contributed by atoms with Crippen molar-refractivity contribution in [1.29, 1.82) is 0 Å². The third kappa shape index (κ3) is 3.18. The average molecular weight is 440 g/mol. The van der Waals surface area contributed by atoms with Gasteiger partial charge in [0.2, 0.25) is 0 Å². The summed E-state index contributed by atoms with van der Waals surface area (Å²) in [4.78, 5) is 39.9. The number of hydrogen-bond donors (Lipinski definition) is 3. The Morgan fingerprint density at radius 3 is 2.61 bits per heavy atom. The number of carbonyl (C=O) groups is 2. The van der Waals surface area contributed by atoms with Crippen LogP contribution in [0.4, 0.5) is 0 Å². The minimum Gasteiger partial charge on any atom is -0.422 e. The third-order valence-electron chi connectivity index (χ3n) is 4.42. The predicted octanol–water partition coefficient (Wildman–Crippen LogP) is 3.42. The van der Waals surface area contributed by atoms with Gasteiger partial charge in [-0.05, 0) is 42.8 Å². The lowest BCUT2D eigenvalue weighted by Gasteiger charge is -2.07. The number of nitrogens with one attached hydrogen (secondary N) is 3. The number of carbonyl (C=O) groups excluding carboxylic acids is 2. The van der Waals surface area contributed by atoms with Crippen LogP contribution in [0.25, 0.3) is 21.9 Å². The third-order valence-corrected chi connectivity index (χ3v) is 4.92. The van der Waals surface area contributed by atoms with E-state index in [0.29, 0.717) is 16.7 Å². The van der Waals surface area contributed by atoms with Crippen molar-refractivity contribution >= 4 is 49.6 Å². The van der Waals surface area contributed by atoms with Crippen molar-refractivity contribution in [2.24, 2.45) is 0 Å². The second-order valence-corrected chi connectivity index (χ2v) is 7.12. The van der Waals surface area contributed by atoms with E-state index in [9.17, 15) is 14.4 Å². The number of rotatable bonds is 2. The van der Waals surface area contributed by atoms with Gasteiger partial charge in [-0.15, -0.1) is 0 Å². The van der Waals surface area contributed by atoms with Gasteiger partial charge in [0.25, 0.3) is 11.8 Å². The monoisotopic (exact) mass is 439 g/mol. The zero-order chi connectivity index (χ0) is 19.8. The molecule has 0 fully saturated rings. The molecule has 140 valence electrons. The zero-order valence-electron chi connectivity index (χ0n) is 14.6. The highest BCUT2D eigenvalue weighted by atomic mass is 79.9. The Balaban J connectivity index is 1.55. The molecule has 0 aliphatic rings. The largest absolute Gasteiger partial charge is 0.422 e. The topological polar surface area (TPSA) is 104 Å². The summed E-state index contributed by atoms with van der Waals surface area (Å²) in [7, 11) is 0. The molecule has 0 saturated heterocycles. The number of hydrazine groups is 1. The summed E-state index contributed by atoms with van der Waals surface area (Å²) >= 11 is 3.40. The summed E-state index contributed by atoms with van der Waals surface area (Å²) in [5.74, 6) is -1.28. The van der Waals surface area contributed by atoms with Gasteiger partial charge in [0.1, 0.15) is 16.8 Å². The summed E-state index contributed by atoms with van der Waals surface area (Å²) in [5, 5.41) is 1.50. The first-order valence-corrected chi connectivity index (χ1v) is 9.15. The lowest BCUT2D eigenvalue weighted by Crippen LogP contribution is -2.43. The van der Waals surface area contributed by atoms with E-state index in [1.54, 1.807) is 31.2 Å². The van der Waals surface area contributed by atoms with E-state index in [2.05, 4.69) is 31.8 Å². The highest BCUT2D eigenvalue weighted by Gasteiger charge is 2.18. The molecular formula is C20H14BrN3O4. The smallest absolute Gasteiger partial charge is 0.349 e. The standard InChI is InChI=1S/C20H14BrN3O4/c1-10-13-9-12(21)6-7-15(13)22-17(10)19(26)24-23-18(25)14-8-11-4-2-3-5-16(11)28-20(14)27/h2-9,22H,1H3,(H,23,25)(H,24,26). The maximum absolute atomic E-state index is 12.5. The van der Waals surface area contributed by atoms with Crippen LogP contribution in [0.15, 0.2) is 62.2 Å². The van der Waals surface area contributed by atoms with Crippen molar-refractivity contribution in [3.63, 3.8) is 0 Å². The molecule has 0 bridgehead atoms. The van der Waals surface area contributed by atoms with Crippen LogP contribution in [0.1, 0.15) is 26.4 Å². The molecule has 8 heteroatoms. The number of aryl methyl sites for hydroxylation is 1. The minimum absolute atomic E-state index is 0.198. The van der Waals surface area contributed by atoms with E-state index >= 15 is 0 Å². The van der Waals surface area contributed by atoms with Gasteiger partial charge in [0.05, 0.1) is 0 Å². The average Bonchev–Trinajstić information content (AvgIpc) is 3.01. The maximum Gasteiger partial charge on any atom is 0.349 e. The van der Waals surface area contributed by atoms with Gasteiger partial charge >= 0.3 is 5.63 Å². The predicted molar refractivity (Wildman–Crippen MR) is 108 cm³/mol. The quantitative estimate of drug-likeness (QED) is 0.328. The molecule has 0 spiro atoms. The van der Waals surface area contributed by atoms with Gasteiger partial charge in [-0.3, -0.25) is 20.4 Å². The molecular weight excluding hydrogens is 426 g/mol. The molecule has 4 aromatic rings. The highest BCUT2D eigenvalue weighted by Crippen LogP contribution is 2.25. The summed E-state index contributed by atoms with van der Waals surface area (Å²) in [6.45, 7) is 1.81. The number of halogens is 1. The van der Waals surface area contributed by atoms with E-state index in [1.807, 2.05) is 18.2 Å². The number of hydrogen-bond acceptors (Lipinski definition) is 4. The number of fused-ring (bicyclic) bond motifs is 2. The van der Waals surface area contributed by atoms with Gasteiger partial charge in [0.15, 0.2) is 0 Å². The van der Waals surface area contributed by atoms with Gasteiger partial charge in [-0.1, -0.05) is 34.1 Å². The van der Waals surface area contributed by atoms with Crippen LogP contribution in [0.5, 0.6) is 0 Å². The van der Waals surface area contributed by atoms with Crippen molar-refractivity contribution in [2.75, 3.05) is 0 Å². The number of aromatic nitrogens is 1. The number of amides is 2. The first-order chi connectivity index (χ1) is 13.4. The van der Waals surface area contributed by atoms with E-state index in [1.165, 1.54) is 6.07 Å². The summed E-state index contributed by atoms with van der Waals surface area (Å²) in [5.41, 5.74) is 5.85. The Morgan fingerprint density at radius 1 is 1.04 bits per heavy atom.